The zero-order chi connectivity index (χ0) is 13.7. The molecule has 8 nitrogen and oxygen atoms in total. The van der Waals surface area contributed by atoms with Crippen LogP contribution in [0.3, 0.4) is 0 Å². The molecule has 3 amide bonds. The fourth-order valence-corrected chi connectivity index (χ4v) is 1.61. The van der Waals surface area contributed by atoms with E-state index in [1.54, 1.807) is 0 Å². The molecule has 1 saturated heterocycles. The minimum Gasteiger partial charge on any atom is -0.480 e. The predicted molar refractivity (Wildman–Crippen MR) is 61.0 cm³/mol. The van der Waals surface area contributed by atoms with Gasteiger partial charge in [0.25, 0.3) is 0 Å². The summed E-state index contributed by atoms with van der Waals surface area (Å²) in [6.45, 7) is 0.366. The van der Waals surface area contributed by atoms with Crippen molar-refractivity contribution in [2.24, 2.45) is 0 Å². The number of carbonyl (C=O) groups excluding carboxylic acids is 2. The first kappa shape index (κ1) is 14.2. The fourth-order valence-electron chi connectivity index (χ4n) is 1.61. The van der Waals surface area contributed by atoms with Gasteiger partial charge < -0.3 is 20.1 Å². The number of carbonyl (C=O) groups is 3. The maximum Gasteiger partial charge on any atom is 0.328 e. The molecule has 0 aromatic heterocycles. The highest BCUT2D eigenvalue weighted by Gasteiger charge is 2.36. The van der Waals surface area contributed by atoms with E-state index in [0.717, 1.165) is 4.90 Å². The zero-order valence-corrected chi connectivity index (χ0v) is 10.4. The summed E-state index contributed by atoms with van der Waals surface area (Å²) in [6, 6.07) is -1.52. The van der Waals surface area contributed by atoms with Gasteiger partial charge >= 0.3 is 12.0 Å². The molecule has 1 rings (SSSR count). The molecule has 0 saturated carbocycles. The number of hydrogen-bond donors (Lipinski definition) is 2. The Balaban J connectivity index is 2.72. The minimum absolute atomic E-state index is 0.0714. The summed E-state index contributed by atoms with van der Waals surface area (Å²) < 4.78 is 4.84. The second-order valence-corrected chi connectivity index (χ2v) is 3.98. The molecule has 0 aromatic rings. The van der Waals surface area contributed by atoms with Crippen molar-refractivity contribution in [3.05, 3.63) is 0 Å². The fraction of sp³-hybridized carbons (Fsp3) is 0.700. The molecule has 0 aromatic carbocycles. The molecule has 1 atom stereocenters. The van der Waals surface area contributed by atoms with Gasteiger partial charge in [0, 0.05) is 27.2 Å². The SMILES string of the molecule is COCCN(C)C(=O)N1CC(=O)NCC1C(=O)O. The molecule has 0 radical (unpaired) electrons. The Morgan fingerprint density at radius 2 is 2.28 bits per heavy atom. The Kier molecular flexibility index (Phi) is 4.90. The highest BCUT2D eigenvalue weighted by atomic mass is 16.5. The van der Waals surface area contributed by atoms with Crippen LogP contribution >= 0.6 is 0 Å². The number of likely N-dealkylation sites (N-methyl/N-ethyl adjacent to an activating group) is 1. The van der Waals surface area contributed by atoms with Crippen LogP contribution in [0.5, 0.6) is 0 Å². The third-order valence-electron chi connectivity index (χ3n) is 2.67. The number of urea groups is 1. The number of nitrogens with one attached hydrogen (secondary N) is 1. The van der Waals surface area contributed by atoms with Gasteiger partial charge in [-0.05, 0) is 0 Å². The van der Waals surface area contributed by atoms with Gasteiger partial charge in [-0.15, -0.1) is 0 Å². The number of ether oxygens (including phenoxy) is 1. The molecule has 1 aliphatic rings. The number of nitrogens with zero attached hydrogens (tertiary/aromatic N) is 2. The molecule has 0 spiro atoms. The van der Waals surface area contributed by atoms with Gasteiger partial charge in [-0.1, -0.05) is 0 Å². The Morgan fingerprint density at radius 3 is 2.83 bits per heavy atom. The monoisotopic (exact) mass is 259 g/mol. The minimum atomic E-state index is -1.14. The van der Waals surface area contributed by atoms with E-state index in [0.29, 0.717) is 13.2 Å². The summed E-state index contributed by atoms with van der Waals surface area (Å²) in [4.78, 5) is 36.7. The smallest absolute Gasteiger partial charge is 0.328 e. The van der Waals surface area contributed by atoms with E-state index in [9.17, 15) is 14.4 Å². The lowest BCUT2D eigenvalue weighted by atomic mass is 10.2. The maximum absolute atomic E-state index is 12.0. The molecular formula is C10H17N3O5. The molecule has 0 bridgehead atoms. The van der Waals surface area contributed by atoms with E-state index in [-0.39, 0.29) is 19.0 Å². The van der Waals surface area contributed by atoms with E-state index < -0.39 is 18.0 Å². The van der Waals surface area contributed by atoms with Crippen molar-refractivity contribution >= 4 is 17.9 Å². The Bertz CT molecular complexity index is 346. The quantitative estimate of drug-likeness (QED) is 0.645. The van der Waals surface area contributed by atoms with Crippen molar-refractivity contribution < 1.29 is 24.2 Å². The second kappa shape index (κ2) is 6.20. The lowest BCUT2D eigenvalue weighted by Gasteiger charge is -2.35. The van der Waals surface area contributed by atoms with Crippen LogP contribution in [0, 0.1) is 0 Å². The molecule has 18 heavy (non-hydrogen) atoms. The first-order valence-electron chi connectivity index (χ1n) is 5.47. The van der Waals surface area contributed by atoms with Gasteiger partial charge in [0.15, 0.2) is 0 Å². The molecule has 8 heteroatoms. The van der Waals surface area contributed by atoms with Crippen molar-refractivity contribution in [2.75, 3.05) is 40.4 Å². The van der Waals surface area contributed by atoms with E-state index in [1.165, 1.54) is 19.1 Å². The Morgan fingerprint density at radius 1 is 1.61 bits per heavy atom. The molecular weight excluding hydrogens is 242 g/mol. The van der Waals surface area contributed by atoms with Crippen LogP contribution in [0.2, 0.25) is 0 Å². The molecule has 2 N–H and O–H groups in total. The molecule has 0 aliphatic carbocycles. The van der Waals surface area contributed by atoms with E-state index >= 15 is 0 Å². The number of carboxylic acids is 1. The standard InChI is InChI=1S/C10H17N3O5/c1-12(3-4-18-2)10(17)13-6-8(14)11-5-7(13)9(15)16/h7H,3-6H2,1-2H3,(H,11,14)(H,15,16). The van der Waals surface area contributed by atoms with Gasteiger partial charge in [0.1, 0.15) is 12.6 Å². The number of rotatable bonds is 4. The Labute approximate surface area is 104 Å². The van der Waals surface area contributed by atoms with E-state index in [1.807, 2.05) is 0 Å². The summed E-state index contributed by atoms with van der Waals surface area (Å²) in [5, 5.41) is 11.4. The third-order valence-corrected chi connectivity index (χ3v) is 2.67. The summed E-state index contributed by atoms with van der Waals surface area (Å²) in [6.07, 6.45) is 0. The van der Waals surface area contributed by atoms with Crippen molar-refractivity contribution in [1.82, 2.24) is 15.1 Å². The summed E-state index contributed by atoms with van der Waals surface area (Å²) in [5.74, 6) is -1.50. The normalized spacial score (nSPS) is 19.3. The average Bonchev–Trinajstić information content (AvgIpc) is 2.34. The van der Waals surface area contributed by atoms with E-state index in [4.69, 9.17) is 9.84 Å². The zero-order valence-electron chi connectivity index (χ0n) is 10.4. The predicted octanol–water partition coefficient (Wildman–Crippen LogP) is -1.43. The van der Waals surface area contributed by atoms with Crippen LogP contribution in [0.25, 0.3) is 0 Å². The van der Waals surface area contributed by atoms with Crippen molar-refractivity contribution in [1.29, 1.82) is 0 Å². The number of amides is 3. The average molecular weight is 259 g/mol. The van der Waals surface area contributed by atoms with Gasteiger partial charge in [0.2, 0.25) is 5.91 Å². The number of methoxy groups -OCH3 is 1. The largest absolute Gasteiger partial charge is 0.480 e. The Hall–Kier alpha value is -1.83. The molecule has 1 aliphatic heterocycles. The molecule has 102 valence electrons. The van der Waals surface area contributed by atoms with Crippen molar-refractivity contribution in [2.45, 2.75) is 6.04 Å². The summed E-state index contributed by atoms with van der Waals surface area (Å²) in [5.41, 5.74) is 0. The number of hydrogen-bond acceptors (Lipinski definition) is 4. The molecule has 1 fully saturated rings. The van der Waals surface area contributed by atoms with Crippen molar-refractivity contribution in [3.63, 3.8) is 0 Å². The first-order valence-corrected chi connectivity index (χ1v) is 5.47. The number of carboxylic acid groups (broad SMARTS) is 1. The van der Waals surface area contributed by atoms with Crippen LogP contribution in [-0.2, 0) is 14.3 Å². The van der Waals surface area contributed by atoms with Gasteiger partial charge in [-0.3, -0.25) is 9.69 Å². The topological polar surface area (TPSA) is 99.2 Å². The van der Waals surface area contributed by atoms with Gasteiger partial charge in [-0.2, -0.15) is 0 Å². The van der Waals surface area contributed by atoms with Crippen LogP contribution in [0.1, 0.15) is 0 Å². The van der Waals surface area contributed by atoms with Crippen molar-refractivity contribution in [3.8, 4) is 0 Å². The van der Waals surface area contributed by atoms with Crippen LogP contribution in [0.15, 0.2) is 0 Å². The van der Waals surface area contributed by atoms with Crippen LogP contribution in [-0.4, -0.2) is 79.3 Å². The first-order chi connectivity index (χ1) is 8.47. The third kappa shape index (κ3) is 3.33. The summed E-state index contributed by atoms with van der Waals surface area (Å²) in [7, 11) is 3.04. The lowest BCUT2D eigenvalue weighted by Crippen LogP contribution is -2.61. The van der Waals surface area contributed by atoms with Gasteiger partial charge in [-0.25, -0.2) is 9.59 Å². The molecule has 1 unspecified atom stereocenters. The maximum atomic E-state index is 12.0. The second-order valence-electron chi connectivity index (χ2n) is 3.98. The number of piperazine rings is 1. The van der Waals surface area contributed by atoms with Crippen LogP contribution in [0.4, 0.5) is 4.79 Å². The summed E-state index contributed by atoms with van der Waals surface area (Å²) >= 11 is 0. The van der Waals surface area contributed by atoms with Crippen LogP contribution < -0.4 is 5.32 Å². The van der Waals surface area contributed by atoms with E-state index in [2.05, 4.69) is 5.32 Å². The highest BCUT2D eigenvalue weighted by Crippen LogP contribution is 2.08. The number of aliphatic carboxylic acids is 1. The molecule has 1 heterocycles. The highest BCUT2D eigenvalue weighted by molar-refractivity contribution is 5.90. The van der Waals surface area contributed by atoms with Gasteiger partial charge in [0.05, 0.1) is 6.61 Å². The lowest BCUT2D eigenvalue weighted by molar-refractivity contribution is -0.144.